The molecule has 12 nitrogen and oxygen atoms in total. The van der Waals surface area contributed by atoms with Gasteiger partial charge in [0.15, 0.2) is 0 Å². The molecule has 0 saturated heterocycles. The fraction of sp³-hybridized carbons (Fsp3) is 0.458. The molecule has 1 aromatic heterocycles. The molecule has 202 valence electrons. The van der Waals surface area contributed by atoms with Crippen molar-refractivity contribution in [2.45, 2.75) is 57.3 Å². The first-order chi connectivity index (χ1) is 17.4. The summed E-state index contributed by atoms with van der Waals surface area (Å²) in [6.07, 6.45) is 1.11. The van der Waals surface area contributed by atoms with Crippen LogP contribution in [0.15, 0.2) is 30.5 Å². The summed E-state index contributed by atoms with van der Waals surface area (Å²) in [5.41, 5.74) is 7.35. The molecule has 0 saturated carbocycles. The molecule has 0 aliphatic heterocycles. The molecule has 0 aliphatic carbocycles. The lowest BCUT2D eigenvalue weighted by atomic mass is 10.00. The van der Waals surface area contributed by atoms with Crippen LogP contribution in [0.1, 0.15) is 32.3 Å². The first-order valence-corrected chi connectivity index (χ1v) is 12.3. The molecule has 4 atom stereocenters. The Morgan fingerprint density at radius 1 is 0.946 bits per heavy atom. The highest BCUT2D eigenvalue weighted by atomic mass is 32.1. The van der Waals surface area contributed by atoms with E-state index in [2.05, 4.69) is 33.6 Å². The average molecular weight is 536 g/mol. The van der Waals surface area contributed by atoms with Gasteiger partial charge in [-0.1, -0.05) is 32.0 Å². The lowest BCUT2D eigenvalue weighted by molar-refractivity contribution is -0.147. The topological polar surface area (TPSA) is 204 Å². The standard InChI is InChI=1S/C24H33N5O7S/c1-12(2)7-17(22(33)29-19(24(35)36)9-20(30)31)28-23(34)18(27-21(32)15(25)11-37)8-13-10-26-16-6-4-3-5-14(13)16/h3-6,10,12,15,17-19,26,37H,7-9,11,25H2,1-2H3,(H,27,32)(H,28,34)(H,29,33)(H,30,31)(H,35,36). The Bertz CT molecular complexity index is 1140. The molecule has 13 heteroatoms. The molecule has 1 heterocycles. The molecule has 0 radical (unpaired) electrons. The number of nitrogens with one attached hydrogen (secondary N) is 4. The summed E-state index contributed by atoms with van der Waals surface area (Å²) in [6, 6.07) is 2.48. The largest absolute Gasteiger partial charge is 0.481 e. The Morgan fingerprint density at radius 2 is 1.54 bits per heavy atom. The second-order valence-electron chi connectivity index (χ2n) is 9.10. The van der Waals surface area contributed by atoms with Crippen molar-refractivity contribution >= 4 is 53.2 Å². The Balaban J connectivity index is 2.29. The van der Waals surface area contributed by atoms with E-state index < -0.39 is 60.2 Å². The van der Waals surface area contributed by atoms with E-state index in [1.54, 1.807) is 20.0 Å². The molecule has 4 unspecified atom stereocenters. The summed E-state index contributed by atoms with van der Waals surface area (Å²) in [7, 11) is 0. The van der Waals surface area contributed by atoms with Crippen LogP contribution in [0.2, 0.25) is 0 Å². The lowest BCUT2D eigenvalue weighted by Gasteiger charge is -2.26. The van der Waals surface area contributed by atoms with E-state index >= 15 is 0 Å². The summed E-state index contributed by atoms with van der Waals surface area (Å²) >= 11 is 4.02. The van der Waals surface area contributed by atoms with Gasteiger partial charge in [0, 0.05) is 29.3 Å². The quantitative estimate of drug-likeness (QED) is 0.155. The molecule has 0 bridgehead atoms. The van der Waals surface area contributed by atoms with Gasteiger partial charge in [-0.25, -0.2) is 4.79 Å². The molecule has 2 aromatic rings. The summed E-state index contributed by atoms with van der Waals surface area (Å²) in [5, 5.41) is 26.5. The number of carbonyl (C=O) groups is 5. The Hall–Kier alpha value is -3.58. The number of hydrogen-bond donors (Lipinski definition) is 8. The zero-order valence-corrected chi connectivity index (χ0v) is 21.5. The number of nitrogens with two attached hydrogens (primary N) is 1. The minimum absolute atomic E-state index is 0.0474. The van der Waals surface area contributed by atoms with Crippen LogP contribution in [0.4, 0.5) is 0 Å². The van der Waals surface area contributed by atoms with Gasteiger partial charge in [-0.3, -0.25) is 19.2 Å². The highest BCUT2D eigenvalue weighted by molar-refractivity contribution is 7.80. The zero-order chi connectivity index (χ0) is 27.7. The van der Waals surface area contributed by atoms with Crippen molar-refractivity contribution in [1.82, 2.24) is 20.9 Å². The van der Waals surface area contributed by atoms with Crippen LogP contribution in [-0.4, -0.2) is 74.8 Å². The first kappa shape index (κ1) is 29.6. The van der Waals surface area contributed by atoms with Crippen molar-refractivity contribution in [3.8, 4) is 0 Å². The van der Waals surface area contributed by atoms with E-state index in [0.717, 1.165) is 16.5 Å². The molecule has 0 fully saturated rings. The van der Waals surface area contributed by atoms with Crippen LogP contribution in [0.25, 0.3) is 10.9 Å². The van der Waals surface area contributed by atoms with Crippen LogP contribution in [0.5, 0.6) is 0 Å². The van der Waals surface area contributed by atoms with Crippen molar-refractivity contribution in [2.75, 3.05) is 5.75 Å². The minimum atomic E-state index is -1.67. The molecule has 0 spiro atoms. The third kappa shape index (κ3) is 8.79. The fourth-order valence-electron chi connectivity index (χ4n) is 3.71. The zero-order valence-electron chi connectivity index (χ0n) is 20.6. The number of para-hydroxylation sites is 1. The number of benzene rings is 1. The SMILES string of the molecule is CC(C)CC(NC(=O)C(Cc1c[nH]c2ccccc12)NC(=O)C(N)CS)C(=O)NC(CC(=O)O)C(=O)O. The van der Waals surface area contributed by atoms with Crippen molar-refractivity contribution in [2.24, 2.45) is 11.7 Å². The second kappa shape index (κ2) is 13.7. The maximum atomic E-state index is 13.4. The van der Waals surface area contributed by atoms with Crippen molar-refractivity contribution in [3.63, 3.8) is 0 Å². The van der Waals surface area contributed by atoms with Crippen LogP contribution in [0.3, 0.4) is 0 Å². The van der Waals surface area contributed by atoms with Crippen LogP contribution >= 0.6 is 12.6 Å². The monoisotopic (exact) mass is 535 g/mol. The van der Waals surface area contributed by atoms with E-state index in [1.807, 2.05) is 24.3 Å². The molecule has 1 aromatic carbocycles. The van der Waals surface area contributed by atoms with Crippen LogP contribution in [0, 0.1) is 5.92 Å². The molecule has 2 rings (SSSR count). The summed E-state index contributed by atoms with van der Waals surface area (Å²) < 4.78 is 0. The predicted octanol–water partition coefficient (Wildman–Crippen LogP) is 0.0273. The van der Waals surface area contributed by atoms with Gasteiger partial charge in [0.05, 0.1) is 12.5 Å². The predicted molar refractivity (Wildman–Crippen MR) is 139 cm³/mol. The molecule has 3 amide bonds. The number of aliphatic carboxylic acids is 2. The fourth-order valence-corrected chi connectivity index (χ4v) is 3.88. The number of rotatable bonds is 14. The Labute approximate surface area is 219 Å². The number of carbonyl (C=O) groups excluding carboxylic acids is 3. The van der Waals surface area contributed by atoms with Gasteiger partial charge in [0.1, 0.15) is 18.1 Å². The number of H-pyrrole nitrogens is 1. The number of carboxylic acid groups (broad SMARTS) is 2. The smallest absolute Gasteiger partial charge is 0.326 e. The number of aromatic amines is 1. The lowest BCUT2D eigenvalue weighted by Crippen LogP contribution is -2.58. The van der Waals surface area contributed by atoms with Crippen LogP contribution in [-0.2, 0) is 30.4 Å². The van der Waals surface area contributed by atoms with E-state index in [0.29, 0.717) is 0 Å². The number of aromatic nitrogens is 1. The molecular weight excluding hydrogens is 502 g/mol. The maximum absolute atomic E-state index is 13.4. The van der Waals surface area contributed by atoms with Crippen LogP contribution < -0.4 is 21.7 Å². The van der Waals surface area contributed by atoms with Gasteiger partial charge in [0.2, 0.25) is 17.7 Å². The highest BCUT2D eigenvalue weighted by Gasteiger charge is 2.31. The van der Waals surface area contributed by atoms with Gasteiger partial charge >= 0.3 is 11.9 Å². The normalized spacial score (nSPS) is 14.4. The van der Waals surface area contributed by atoms with Crippen molar-refractivity contribution in [3.05, 3.63) is 36.0 Å². The summed E-state index contributed by atoms with van der Waals surface area (Å²) in [6.45, 7) is 3.60. The van der Waals surface area contributed by atoms with Crippen molar-refractivity contribution < 1.29 is 34.2 Å². The molecule has 37 heavy (non-hydrogen) atoms. The first-order valence-electron chi connectivity index (χ1n) is 11.7. The van der Waals surface area contributed by atoms with E-state index in [-0.39, 0.29) is 24.5 Å². The number of thiol groups is 1. The Morgan fingerprint density at radius 3 is 2.14 bits per heavy atom. The number of fused-ring (bicyclic) bond motifs is 1. The maximum Gasteiger partial charge on any atom is 0.326 e. The third-order valence-electron chi connectivity index (χ3n) is 5.60. The van der Waals surface area contributed by atoms with E-state index in [1.165, 1.54) is 0 Å². The van der Waals surface area contributed by atoms with Gasteiger partial charge in [-0.05, 0) is 24.0 Å². The average Bonchev–Trinajstić information content (AvgIpc) is 3.24. The minimum Gasteiger partial charge on any atom is -0.481 e. The van der Waals surface area contributed by atoms with Crippen molar-refractivity contribution in [1.29, 1.82) is 0 Å². The van der Waals surface area contributed by atoms with E-state index in [4.69, 9.17) is 10.8 Å². The summed E-state index contributed by atoms with van der Waals surface area (Å²) in [5.74, 6) is -5.10. The summed E-state index contributed by atoms with van der Waals surface area (Å²) in [4.78, 5) is 64.3. The molecule has 8 N–H and O–H groups in total. The second-order valence-corrected chi connectivity index (χ2v) is 9.47. The third-order valence-corrected chi connectivity index (χ3v) is 5.99. The molecular formula is C24H33N5O7S. The number of hydrogen-bond acceptors (Lipinski definition) is 7. The van der Waals surface area contributed by atoms with Gasteiger partial charge in [-0.15, -0.1) is 0 Å². The van der Waals surface area contributed by atoms with E-state index in [9.17, 15) is 29.1 Å². The van der Waals surface area contributed by atoms with Gasteiger partial charge in [0.25, 0.3) is 0 Å². The van der Waals surface area contributed by atoms with Gasteiger partial charge < -0.3 is 36.9 Å². The number of carboxylic acids is 2. The number of amides is 3. The molecule has 0 aliphatic rings. The Kier molecular flexibility index (Phi) is 10.9. The highest BCUT2D eigenvalue weighted by Crippen LogP contribution is 2.19. The van der Waals surface area contributed by atoms with Gasteiger partial charge in [-0.2, -0.15) is 12.6 Å².